The lowest BCUT2D eigenvalue weighted by molar-refractivity contribution is 0.477. The molecule has 0 fully saturated rings. The molecule has 2 atom stereocenters. The van der Waals surface area contributed by atoms with Crippen LogP contribution in [0.25, 0.3) is 0 Å². The van der Waals surface area contributed by atoms with Crippen LogP contribution in [0, 0.1) is 12.8 Å². The Morgan fingerprint density at radius 1 is 0.962 bits per heavy atom. The molecule has 0 saturated carbocycles. The molecule has 0 nitrogen and oxygen atoms in total. The Bertz CT molecular complexity index is 805. The normalized spacial score (nSPS) is 15.9. The molecule has 0 spiro atoms. The van der Waals surface area contributed by atoms with Gasteiger partial charge in [0.25, 0.3) is 0 Å². The van der Waals surface area contributed by atoms with Gasteiger partial charge in [-0.15, -0.1) is 0 Å². The molecule has 0 heteroatoms. The number of hydrogen-bond donors (Lipinski definition) is 0. The second-order valence-corrected chi connectivity index (χ2v) is 6.66. The summed E-state index contributed by atoms with van der Waals surface area (Å²) in [5.41, 5.74) is 4.90. The Morgan fingerprint density at radius 3 is 2.19 bits per heavy atom. The zero-order chi connectivity index (χ0) is 19.0. The second-order valence-electron chi connectivity index (χ2n) is 6.66. The molecule has 2 rings (SSSR count). The fourth-order valence-electron chi connectivity index (χ4n) is 4.02. The standard InChI is InChI=1S/C26H30/c1-6-14-22(5)26(23(15-7-2)16-8-3,24-18-10-9-11-19-24)25-20-13-12-17-21(25)4/h6-20,22H,2H2,1,3-5H3/b14-6-,16-8-,23-15+. The SMILES string of the molecule is C=C/C=C(\C=C/C)C(c1ccccc1)(c1ccccc1C)C(C)/C=C\C. The van der Waals surface area contributed by atoms with Crippen molar-refractivity contribution in [2.75, 3.05) is 0 Å². The Hall–Kier alpha value is -2.60. The van der Waals surface area contributed by atoms with Crippen LogP contribution in [0.3, 0.4) is 0 Å². The highest BCUT2D eigenvalue weighted by molar-refractivity contribution is 5.56. The topological polar surface area (TPSA) is 0 Å². The van der Waals surface area contributed by atoms with Crippen molar-refractivity contribution in [3.05, 3.63) is 120 Å². The summed E-state index contributed by atoms with van der Waals surface area (Å²) in [5, 5.41) is 0. The third-order valence-corrected chi connectivity index (χ3v) is 5.06. The Morgan fingerprint density at radius 2 is 1.62 bits per heavy atom. The van der Waals surface area contributed by atoms with Crippen LogP contribution in [0.5, 0.6) is 0 Å². The molecule has 0 heterocycles. The van der Waals surface area contributed by atoms with Gasteiger partial charge in [0, 0.05) is 0 Å². The van der Waals surface area contributed by atoms with E-state index in [9.17, 15) is 0 Å². The molecule has 0 radical (unpaired) electrons. The summed E-state index contributed by atoms with van der Waals surface area (Å²) >= 11 is 0. The lowest BCUT2D eigenvalue weighted by Gasteiger charge is -2.42. The number of benzene rings is 2. The molecule has 0 aliphatic carbocycles. The molecule has 0 aliphatic heterocycles. The van der Waals surface area contributed by atoms with Crippen LogP contribution < -0.4 is 0 Å². The summed E-state index contributed by atoms with van der Waals surface area (Å²) in [7, 11) is 0. The van der Waals surface area contributed by atoms with Crippen molar-refractivity contribution in [2.24, 2.45) is 5.92 Å². The summed E-state index contributed by atoms with van der Waals surface area (Å²) in [6.45, 7) is 12.7. The van der Waals surface area contributed by atoms with E-state index in [1.54, 1.807) is 0 Å². The van der Waals surface area contributed by atoms with E-state index in [4.69, 9.17) is 0 Å². The number of hydrogen-bond acceptors (Lipinski definition) is 0. The lowest BCUT2D eigenvalue weighted by atomic mass is 9.60. The van der Waals surface area contributed by atoms with Crippen LogP contribution in [-0.2, 0) is 5.41 Å². The maximum Gasteiger partial charge on any atom is 0.0513 e. The highest BCUT2D eigenvalue weighted by Crippen LogP contribution is 2.47. The van der Waals surface area contributed by atoms with Gasteiger partial charge in [0.15, 0.2) is 0 Å². The molecule has 26 heavy (non-hydrogen) atoms. The fraction of sp³-hybridized carbons (Fsp3) is 0.231. The van der Waals surface area contributed by atoms with Gasteiger partial charge in [-0.25, -0.2) is 0 Å². The summed E-state index contributed by atoms with van der Waals surface area (Å²) in [5.74, 6) is 0.276. The van der Waals surface area contributed by atoms with Gasteiger partial charge in [0.05, 0.1) is 5.41 Å². The highest BCUT2D eigenvalue weighted by atomic mass is 14.4. The van der Waals surface area contributed by atoms with Crippen molar-refractivity contribution in [3.8, 4) is 0 Å². The average Bonchev–Trinajstić information content (AvgIpc) is 2.65. The maximum atomic E-state index is 3.98. The first-order valence-electron chi connectivity index (χ1n) is 9.33. The van der Waals surface area contributed by atoms with Gasteiger partial charge in [-0.3, -0.25) is 0 Å². The average molecular weight is 343 g/mol. The number of rotatable bonds is 7. The molecule has 0 bridgehead atoms. The largest absolute Gasteiger partial charge is 0.0991 e. The fourth-order valence-corrected chi connectivity index (χ4v) is 4.02. The number of allylic oxidation sites excluding steroid dienone is 7. The molecule has 0 aliphatic rings. The third-order valence-electron chi connectivity index (χ3n) is 5.06. The maximum absolute atomic E-state index is 3.98. The van der Waals surface area contributed by atoms with Gasteiger partial charge < -0.3 is 0 Å². The van der Waals surface area contributed by atoms with Gasteiger partial charge >= 0.3 is 0 Å². The van der Waals surface area contributed by atoms with E-state index in [2.05, 4.69) is 119 Å². The summed E-state index contributed by atoms with van der Waals surface area (Å²) in [4.78, 5) is 0. The van der Waals surface area contributed by atoms with Gasteiger partial charge in [-0.05, 0) is 49.0 Å². The first-order chi connectivity index (χ1) is 12.6. The molecule has 0 saturated heterocycles. The zero-order valence-corrected chi connectivity index (χ0v) is 16.4. The van der Waals surface area contributed by atoms with Gasteiger partial charge in [-0.1, -0.05) is 105 Å². The molecule has 134 valence electrons. The monoisotopic (exact) mass is 342 g/mol. The van der Waals surface area contributed by atoms with Crippen LogP contribution in [0.1, 0.15) is 37.5 Å². The quantitative estimate of drug-likeness (QED) is 0.369. The minimum Gasteiger partial charge on any atom is -0.0991 e. The van der Waals surface area contributed by atoms with Gasteiger partial charge in [0.2, 0.25) is 0 Å². The van der Waals surface area contributed by atoms with E-state index >= 15 is 0 Å². The predicted octanol–water partition coefficient (Wildman–Crippen LogP) is 7.18. The number of aryl methyl sites for hydroxylation is 1. The molecular weight excluding hydrogens is 312 g/mol. The van der Waals surface area contributed by atoms with Crippen molar-refractivity contribution in [1.82, 2.24) is 0 Å². The Kier molecular flexibility index (Phi) is 6.97. The molecule has 2 aromatic carbocycles. The summed E-state index contributed by atoms with van der Waals surface area (Å²) in [6.07, 6.45) is 12.9. The third kappa shape index (κ3) is 3.65. The van der Waals surface area contributed by atoms with Gasteiger partial charge in [0.1, 0.15) is 0 Å². The van der Waals surface area contributed by atoms with Crippen molar-refractivity contribution >= 4 is 0 Å². The molecule has 0 N–H and O–H groups in total. The molecule has 2 unspecified atom stereocenters. The van der Waals surface area contributed by atoms with Crippen LogP contribution in [0.4, 0.5) is 0 Å². The minimum absolute atomic E-state index is 0.276. The van der Waals surface area contributed by atoms with Crippen LogP contribution in [-0.4, -0.2) is 0 Å². The van der Waals surface area contributed by atoms with Crippen LogP contribution in [0.15, 0.2) is 103 Å². The van der Waals surface area contributed by atoms with E-state index in [1.807, 2.05) is 6.08 Å². The first-order valence-corrected chi connectivity index (χ1v) is 9.33. The summed E-state index contributed by atoms with van der Waals surface area (Å²) in [6, 6.07) is 19.6. The highest BCUT2D eigenvalue weighted by Gasteiger charge is 2.41. The zero-order valence-electron chi connectivity index (χ0n) is 16.4. The Balaban J connectivity index is 3.00. The van der Waals surface area contributed by atoms with E-state index in [-0.39, 0.29) is 11.3 Å². The molecule has 2 aromatic rings. The van der Waals surface area contributed by atoms with Crippen molar-refractivity contribution in [3.63, 3.8) is 0 Å². The summed E-state index contributed by atoms with van der Waals surface area (Å²) < 4.78 is 0. The molecule has 0 amide bonds. The molecule has 0 aromatic heterocycles. The molecular formula is C26H30. The lowest BCUT2D eigenvalue weighted by Crippen LogP contribution is -2.37. The van der Waals surface area contributed by atoms with Crippen LogP contribution >= 0.6 is 0 Å². The van der Waals surface area contributed by atoms with E-state index in [0.717, 1.165) is 0 Å². The van der Waals surface area contributed by atoms with Crippen molar-refractivity contribution in [1.29, 1.82) is 0 Å². The van der Waals surface area contributed by atoms with Crippen LogP contribution in [0.2, 0.25) is 0 Å². The Labute approximate surface area is 159 Å². The first kappa shape index (κ1) is 19.7. The predicted molar refractivity (Wildman–Crippen MR) is 115 cm³/mol. The second kappa shape index (κ2) is 9.20. The minimum atomic E-state index is -0.278. The smallest absolute Gasteiger partial charge is 0.0513 e. The van der Waals surface area contributed by atoms with E-state index in [0.29, 0.717) is 0 Å². The van der Waals surface area contributed by atoms with Crippen molar-refractivity contribution < 1.29 is 0 Å². The van der Waals surface area contributed by atoms with Gasteiger partial charge in [-0.2, -0.15) is 0 Å². The van der Waals surface area contributed by atoms with Crippen molar-refractivity contribution in [2.45, 2.75) is 33.1 Å². The van der Waals surface area contributed by atoms with E-state index in [1.165, 1.54) is 22.3 Å². The van der Waals surface area contributed by atoms with E-state index < -0.39 is 0 Å².